The Morgan fingerprint density at radius 2 is 0.946 bits per heavy atom. The van der Waals surface area contributed by atoms with Crippen LogP contribution in [0.15, 0.2) is 0 Å². The minimum Gasteiger partial charge on any atom is -0.469 e. The SMILES string of the molecule is COC(=O)CCOCCOCCOCCOCCOCCOCCOCCOCCOC1CCCCO1. The van der Waals surface area contributed by atoms with Crippen LogP contribution < -0.4 is 0 Å². The van der Waals surface area contributed by atoms with E-state index in [1.54, 1.807) is 0 Å². The second-order valence-corrected chi connectivity index (χ2v) is 7.89. The molecule has 0 amide bonds. The Bertz CT molecular complexity index is 477. The summed E-state index contributed by atoms with van der Waals surface area (Å²) in [5.74, 6) is -0.282. The summed E-state index contributed by atoms with van der Waals surface area (Å²) in [6.07, 6.45) is 3.44. The predicted molar refractivity (Wildman–Crippen MR) is 133 cm³/mol. The molecule has 0 saturated carbocycles. The largest absolute Gasteiger partial charge is 0.469 e. The molecule has 0 aromatic carbocycles. The van der Waals surface area contributed by atoms with E-state index >= 15 is 0 Å². The number of hydrogen-bond acceptors (Lipinski definition) is 12. The summed E-state index contributed by atoms with van der Waals surface area (Å²) in [6.45, 7) is 9.21. The van der Waals surface area contributed by atoms with Gasteiger partial charge in [-0.25, -0.2) is 0 Å². The molecular formula is C25H48O12. The molecule has 1 rings (SSSR count). The molecule has 0 bridgehead atoms. The zero-order valence-electron chi connectivity index (χ0n) is 22.5. The monoisotopic (exact) mass is 540 g/mol. The fraction of sp³-hybridized carbons (Fsp3) is 0.960. The molecule has 220 valence electrons. The molecule has 0 aliphatic carbocycles. The number of carbonyl (C=O) groups is 1. The second-order valence-electron chi connectivity index (χ2n) is 7.89. The fourth-order valence-electron chi connectivity index (χ4n) is 2.98. The molecule has 1 aliphatic heterocycles. The first-order chi connectivity index (χ1) is 18.3. The number of carbonyl (C=O) groups excluding carboxylic acids is 1. The Balaban J connectivity index is 1.62. The van der Waals surface area contributed by atoms with Gasteiger partial charge in [-0.2, -0.15) is 0 Å². The van der Waals surface area contributed by atoms with Gasteiger partial charge in [-0.1, -0.05) is 0 Å². The Labute approximate surface area is 221 Å². The van der Waals surface area contributed by atoms with E-state index in [1.165, 1.54) is 7.11 Å². The van der Waals surface area contributed by atoms with Gasteiger partial charge in [0.25, 0.3) is 0 Å². The lowest BCUT2D eigenvalue weighted by atomic mass is 10.2. The van der Waals surface area contributed by atoms with Crippen LogP contribution in [0.3, 0.4) is 0 Å². The van der Waals surface area contributed by atoms with E-state index in [-0.39, 0.29) is 18.7 Å². The van der Waals surface area contributed by atoms with Crippen LogP contribution in [0.5, 0.6) is 0 Å². The minimum atomic E-state index is -0.282. The van der Waals surface area contributed by atoms with Crippen LogP contribution >= 0.6 is 0 Å². The van der Waals surface area contributed by atoms with E-state index in [0.717, 1.165) is 25.9 Å². The van der Waals surface area contributed by atoms with Gasteiger partial charge in [0, 0.05) is 6.61 Å². The van der Waals surface area contributed by atoms with Crippen LogP contribution in [0, 0.1) is 0 Å². The molecule has 0 aromatic heterocycles. The number of methoxy groups -OCH3 is 1. The van der Waals surface area contributed by atoms with Gasteiger partial charge in [-0.15, -0.1) is 0 Å². The number of rotatable bonds is 28. The normalized spacial score (nSPS) is 15.8. The minimum absolute atomic E-state index is 0.0655. The van der Waals surface area contributed by atoms with Crippen molar-refractivity contribution in [3.63, 3.8) is 0 Å². The average molecular weight is 541 g/mol. The van der Waals surface area contributed by atoms with Crippen LogP contribution in [-0.4, -0.2) is 138 Å². The molecule has 1 aliphatic rings. The number of hydrogen-bond donors (Lipinski definition) is 0. The van der Waals surface area contributed by atoms with Gasteiger partial charge in [-0.05, 0) is 19.3 Å². The first kappa shape index (κ1) is 34.1. The summed E-state index contributed by atoms with van der Waals surface area (Å²) in [4.78, 5) is 10.9. The summed E-state index contributed by atoms with van der Waals surface area (Å²) >= 11 is 0. The van der Waals surface area contributed by atoms with Crippen molar-refractivity contribution in [2.75, 3.05) is 126 Å². The standard InChI is InChI=1S/C25H48O12/c1-27-24(26)5-7-28-8-9-29-10-11-30-12-13-31-14-15-32-16-17-33-18-19-34-20-21-35-22-23-37-25-4-2-3-6-36-25/h25H,2-23H2,1H3. The molecule has 1 unspecified atom stereocenters. The van der Waals surface area contributed by atoms with Crippen LogP contribution in [0.2, 0.25) is 0 Å². The third kappa shape index (κ3) is 25.1. The maximum absolute atomic E-state index is 10.9. The van der Waals surface area contributed by atoms with E-state index in [4.69, 9.17) is 47.4 Å². The van der Waals surface area contributed by atoms with Crippen molar-refractivity contribution in [1.29, 1.82) is 0 Å². The van der Waals surface area contributed by atoms with Crippen molar-refractivity contribution in [1.82, 2.24) is 0 Å². The van der Waals surface area contributed by atoms with Crippen molar-refractivity contribution >= 4 is 5.97 Å². The number of esters is 1. The molecule has 37 heavy (non-hydrogen) atoms. The summed E-state index contributed by atoms with van der Waals surface area (Å²) < 4.78 is 58.9. The van der Waals surface area contributed by atoms with Crippen molar-refractivity contribution in [3.8, 4) is 0 Å². The lowest BCUT2D eigenvalue weighted by molar-refractivity contribution is -0.169. The highest BCUT2D eigenvalue weighted by atomic mass is 16.7. The molecule has 0 N–H and O–H groups in total. The molecule has 1 heterocycles. The molecular weight excluding hydrogens is 492 g/mol. The van der Waals surface area contributed by atoms with Gasteiger partial charge >= 0.3 is 5.97 Å². The Hall–Kier alpha value is -0.930. The van der Waals surface area contributed by atoms with Crippen LogP contribution in [0.25, 0.3) is 0 Å². The van der Waals surface area contributed by atoms with Crippen molar-refractivity contribution < 1.29 is 56.9 Å². The van der Waals surface area contributed by atoms with Crippen molar-refractivity contribution in [2.24, 2.45) is 0 Å². The Kier molecular flexibility index (Phi) is 25.9. The first-order valence-corrected chi connectivity index (χ1v) is 13.2. The molecule has 1 fully saturated rings. The molecule has 1 atom stereocenters. The highest BCUT2D eigenvalue weighted by Gasteiger charge is 2.13. The molecule has 0 aromatic rings. The van der Waals surface area contributed by atoms with Crippen molar-refractivity contribution in [2.45, 2.75) is 32.0 Å². The van der Waals surface area contributed by atoms with Gasteiger partial charge in [-0.3, -0.25) is 4.79 Å². The van der Waals surface area contributed by atoms with Crippen LogP contribution in [0.1, 0.15) is 25.7 Å². The van der Waals surface area contributed by atoms with E-state index in [1.807, 2.05) is 0 Å². The summed E-state index contributed by atoms with van der Waals surface area (Å²) in [7, 11) is 1.35. The van der Waals surface area contributed by atoms with Crippen LogP contribution in [0.4, 0.5) is 0 Å². The highest BCUT2D eigenvalue weighted by molar-refractivity contribution is 5.69. The molecule has 12 nitrogen and oxygen atoms in total. The fourth-order valence-corrected chi connectivity index (χ4v) is 2.98. The molecule has 1 saturated heterocycles. The molecule has 0 spiro atoms. The highest BCUT2D eigenvalue weighted by Crippen LogP contribution is 2.13. The summed E-state index contributed by atoms with van der Waals surface area (Å²) in [5.41, 5.74) is 0. The maximum Gasteiger partial charge on any atom is 0.307 e. The van der Waals surface area contributed by atoms with Crippen LogP contribution in [-0.2, 0) is 56.9 Å². The predicted octanol–water partition coefficient (Wildman–Crippen LogP) is 1.23. The van der Waals surface area contributed by atoms with E-state index in [9.17, 15) is 4.79 Å². The van der Waals surface area contributed by atoms with Crippen molar-refractivity contribution in [3.05, 3.63) is 0 Å². The van der Waals surface area contributed by atoms with Gasteiger partial charge in [0.2, 0.25) is 0 Å². The van der Waals surface area contributed by atoms with E-state index < -0.39 is 0 Å². The lowest BCUT2D eigenvalue weighted by Crippen LogP contribution is -2.24. The average Bonchev–Trinajstić information content (AvgIpc) is 2.93. The smallest absolute Gasteiger partial charge is 0.307 e. The quantitative estimate of drug-likeness (QED) is 0.105. The molecule has 12 heteroatoms. The van der Waals surface area contributed by atoms with Gasteiger partial charge in [0.1, 0.15) is 0 Å². The maximum atomic E-state index is 10.9. The van der Waals surface area contributed by atoms with E-state index in [0.29, 0.717) is 112 Å². The molecule has 0 radical (unpaired) electrons. The van der Waals surface area contributed by atoms with Gasteiger partial charge in [0.05, 0.1) is 126 Å². The van der Waals surface area contributed by atoms with E-state index in [2.05, 4.69) is 4.74 Å². The first-order valence-electron chi connectivity index (χ1n) is 13.2. The summed E-state index contributed by atoms with van der Waals surface area (Å²) in [5, 5.41) is 0. The Morgan fingerprint density at radius 1 is 0.568 bits per heavy atom. The zero-order valence-corrected chi connectivity index (χ0v) is 22.5. The van der Waals surface area contributed by atoms with Gasteiger partial charge in [0.15, 0.2) is 6.29 Å². The third-order valence-corrected chi connectivity index (χ3v) is 4.95. The topological polar surface area (TPSA) is 119 Å². The lowest BCUT2D eigenvalue weighted by Gasteiger charge is -2.22. The number of ether oxygens (including phenoxy) is 11. The zero-order chi connectivity index (χ0) is 26.5. The second kappa shape index (κ2) is 28.1. The van der Waals surface area contributed by atoms with Gasteiger partial charge < -0.3 is 52.1 Å². The Morgan fingerprint density at radius 3 is 1.30 bits per heavy atom. The third-order valence-electron chi connectivity index (χ3n) is 4.95. The summed E-state index contributed by atoms with van der Waals surface area (Å²) in [6, 6.07) is 0.